The lowest BCUT2D eigenvalue weighted by Gasteiger charge is -2.08. The van der Waals surface area contributed by atoms with Crippen LogP contribution in [0.1, 0.15) is 11.6 Å². The van der Waals surface area contributed by atoms with Crippen LogP contribution in [0.2, 0.25) is 5.02 Å². The van der Waals surface area contributed by atoms with Crippen molar-refractivity contribution < 1.29 is 0 Å². The van der Waals surface area contributed by atoms with Crippen molar-refractivity contribution in [2.75, 3.05) is 0 Å². The van der Waals surface area contributed by atoms with E-state index < -0.39 is 0 Å². The monoisotopic (exact) mass is 324 g/mol. The zero-order chi connectivity index (χ0) is 15.8. The number of fused-ring (bicyclic) bond motifs is 1. The lowest BCUT2D eigenvalue weighted by Crippen LogP contribution is -2.09. The summed E-state index contributed by atoms with van der Waals surface area (Å²) in [6, 6.07) is 9.96. The Hall–Kier alpha value is -2.73. The Morgan fingerprint density at radius 3 is 2.87 bits per heavy atom. The van der Waals surface area contributed by atoms with E-state index in [1.807, 2.05) is 41.9 Å². The van der Waals surface area contributed by atoms with E-state index in [1.54, 1.807) is 23.3 Å². The fourth-order valence-corrected chi connectivity index (χ4v) is 2.74. The highest BCUT2D eigenvalue weighted by Gasteiger charge is 2.13. The predicted octanol–water partition coefficient (Wildman–Crippen LogP) is 3.02. The molecule has 0 bridgehead atoms. The van der Waals surface area contributed by atoms with Gasteiger partial charge in [0.05, 0.1) is 22.4 Å². The minimum Gasteiger partial charge on any atom is -0.264 e. The van der Waals surface area contributed by atoms with E-state index in [2.05, 4.69) is 20.2 Å². The summed E-state index contributed by atoms with van der Waals surface area (Å²) in [4.78, 5) is 9.01. The molecule has 0 unspecified atom stereocenters. The molecule has 0 aliphatic heterocycles. The van der Waals surface area contributed by atoms with Gasteiger partial charge in [0, 0.05) is 17.8 Å². The number of halogens is 1. The van der Waals surface area contributed by atoms with Crippen LogP contribution in [0, 0.1) is 6.92 Å². The largest absolute Gasteiger partial charge is 0.264 e. The standard InChI is InChI=1S/C16H13ClN6/c1-11-20-15(10-22-9-13(17)8-19-22)23(21-11)14-6-2-4-12-5-3-7-18-16(12)14/h2-9H,10H2,1H3. The highest BCUT2D eigenvalue weighted by atomic mass is 35.5. The SMILES string of the molecule is Cc1nc(Cn2cc(Cl)cn2)n(-c2cccc3cccnc23)n1. The summed E-state index contributed by atoms with van der Waals surface area (Å²) in [5.41, 5.74) is 1.79. The van der Waals surface area contributed by atoms with Gasteiger partial charge in [-0.1, -0.05) is 29.8 Å². The number of nitrogens with zero attached hydrogens (tertiary/aromatic N) is 6. The Kier molecular flexibility index (Phi) is 3.31. The van der Waals surface area contributed by atoms with E-state index in [1.165, 1.54) is 0 Å². The van der Waals surface area contributed by atoms with E-state index in [0.29, 0.717) is 17.4 Å². The molecular formula is C16H13ClN6. The molecule has 0 fully saturated rings. The number of para-hydroxylation sites is 1. The third kappa shape index (κ3) is 2.57. The summed E-state index contributed by atoms with van der Waals surface area (Å²) in [5.74, 6) is 1.48. The lowest BCUT2D eigenvalue weighted by atomic mass is 10.2. The van der Waals surface area contributed by atoms with Crippen LogP contribution < -0.4 is 0 Å². The second-order valence-corrected chi connectivity index (χ2v) is 5.63. The van der Waals surface area contributed by atoms with E-state index >= 15 is 0 Å². The Balaban J connectivity index is 1.85. The van der Waals surface area contributed by atoms with Crippen molar-refractivity contribution in [1.82, 2.24) is 29.5 Å². The number of hydrogen-bond donors (Lipinski definition) is 0. The zero-order valence-corrected chi connectivity index (χ0v) is 13.1. The van der Waals surface area contributed by atoms with Crippen LogP contribution in [-0.4, -0.2) is 29.5 Å². The normalized spacial score (nSPS) is 11.2. The number of aryl methyl sites for hydroxylation is 1. The summed E-state index contributed by atoms with van der Waals surface area (Å²) in [6.45, 7) is 2.35. The maximum atomic E-state index is 5.93. The van der Waals surface area contributed by atoms with Crippen molar-refractivity contribution in [1.29, 1.82) is 0 Å². The minimum absolute atomic E-state index is 0.483. The molecule has 7 heteroatoms. The van der Waals surface area contributed by atoms with Gasteiger partial charge < -0.3 is 0 Å². The fourth-order valence-electron chi connectivity index (χ4n) is 2.58. The Morgan fingerprint density at radius 2 is 2.04 bits per heavy atom. The van der Waals surface area contributed by atoms with Crippen LogP contribution in [0.5, 0.6) is 0 Å². The van der Waals surface area contributed by atoms with Crippen LogP contribution in [0.3, 0.4) is 0 Å². The van der Waals surface area contributed by atoms with E-state index in [9.17, 15) is 0 Å². The molecule has 0 aliphatic carbocycles. The predicted molar refractivity (Wildman–Crippen MR) is 87.7 cm³/mol. The highest BCUT2D eigenvalue weighted by Crippen LogP contribution is 2.21. The Labute approximate surface area is 137 Å². The van der Waals surface area contributed by atoms with E-state index in [-0.39, 0.29) is 0 Å². The minimum atomic E-state index is 0.483. The van der Waals surface area contributed by atoms with Gasteiger partial charge in [-0.05, 0) is 19.1 Å². The fraction of sp³-hybridized carbons (Fsp3) is 0.125. The summed E-state index contributed by atoms with van der Waals surface area (Å²) < 4.78 is 3.56. The van der Waals surface area contributed by atoms with Crippen molar-refractivity contribution in [3.8, 4) is 5.69 Å². The average molecular weight is 325 g/mol. The number of pyridine rings is 1. The van der Waals surface area contributed by atoms with Crippen molar-refractivity contribution in [3.63, 3.8) is 0 Å². The quantitative estimate of drug-likeness (QED) is 0.581. The van der Waals surface area contributed by atoms with Gasteiger partial charge in [0.25, 0.3) is 0 Å². The molecule has 3 heterocycles. The van der Waals surface area contributed by atoms with Crippen LogP contribution in [0.4, 0.5) is 0 Å². The second-order valence-electron chi connectivity index (χ2n) is 5.20. The summed E-state index contributed by atoms with van der Waals surface area (Å²) in [6.07, 6.45) is 5.15. The van der Waals surface area contributed by atoms with E-state index in [0.717, 1.165) is 22.4 Å². The van der Waals surface area contributed by atoms with Gasteiger partial charge in [-0.2, -0.15) is 10.2 Å². The molecule has 4 rings (SSSR count). The molecule has 1 aromatic carbocycles. The molecule has 0 N–H and O–H groups in total. The van der Waals surface area contributed by atoms with Crippen LogP contribution in [-0.2, 0) is 6.54 Å². The molecule has 114 valence electrons. The number of benzene rings is 1. The molecule has 0 saturated heterocycles. The Morgan fingerprint density at radius 1 is 1.17 bits per heavy atom. The smallest absolute Gasteiger partial charge is 0.154 e. The third-order valence-electron chi connectivity index (χ3n) is 3.52. The first kappa shape index (κ1) is 13.9. The summed E-state index contributed by atoms with van der Waals surface area (Å²) in [5, 5.41) is 10.4. The van der Waals surface area contributed by atoms with Crippen LogP contribution >= 0.6 is 11.6 Å². The summed E-state index contributed by atoms with van der Waals surface area (Å²) in [7, 11) is 0. The first-order chi connectivity index (χ1) is 11.2. The van der Waals surface area contributed by atoms with Crippen molar-refractivity contribution in [2.24, 2.45) is 0 Å². The molecule has 6 nitrogen and oxygen atoms in total. The Bertz CT molecular complexity index is 982. The number of hydrogen-bond acceptors (Lipinski definition) is 4. The van der Waals surface area contributed by atoms with Crippen LogP contribution in [0.15, 0.2) is 48.9 Å². The molecule has 0 saturated carbocycles. The van der Waals surface area contributed by atoms with Gasteiger partial charge in [-0.25, -0.2) is 9.67 Å². The highest BCUT2D eigenvalue weighted by molar-refractivity contribution is 6.30. The van der Waals surface area contributed by atoms with Gasteiger partial charge >= 0.3 is 0 Å². The summed E-state index contributed by atoms with van der Waals surface area (Å²) >= 11 is 5.93. The third-order valence-corrected chi connectivity index (χ3v) is 3.72. The maximum Gasteiger partial charge on any atom is 0.154 e. The first-order valence-electron chi connectivity index (χ1n) is 7.15. The van der Waals surface area contributed by atoms with Crippen molar-refractivity contribution in [3.05, 3.63) is 65.6 Å². The number of rotatable bonds is 3. The van der Waals surface area contributed by atoms with E-state index in [4.69, 9.17) is 11.6 Å². The average Bonchev–Trinajstić information content (AvgIpc) is 3.12. The molecule has 4 aromatic rings. The molecule has 0 spiro atoms. The van der Waals surface area contributed by atoms with Gasteiger partial charge in [0.2, 0.25) is 0 Å². The maximum absolute atomic E-state index is 5.93. The molecule has 0 amide bonds. The molecule has 3 aromatic heterocycles. The molecular weight excluding hydrogens is 312 g/mol. The molecule has 0 aliphatic rings. The van der Waals surface area contributed by atoms with Gasteiger partial charge in [-0.15, -0.1) is 0 Å². The first-order valence-corrected chi connectivity index (χ1v) is 7.53. The molecule has 0 radical (unpaired) electrons. The molecule has 23 heavy (non-hydrogen) atoms. The molecule has 0 atom stereocenters. The topological polar surface area (TPSA) is 61.4 Å². The van der Waals surface area contributed by atoms with Crippen molar-refractivity contribution >= 4 is 22.5 Å². The van der Waals surface area contributed by atoms with Crippen molar-refractivity contribution in [2.45, 2.75) is 13.5 Å². The van der Waals surface area contributed by atoms with Gasteiger partial charge in [0.1, 0.15) is 12.4 Å². The lowest BCUT2D eigenvalue weighted by molar-refractivity contribution is 0.635. The number of aromatic nitrogens is 6. The van der Waals surface area contributed by atoms with Gasteiger partial charge in [-0.3, -0.25) is 9.67 Å². The second kappa shape index (κ2) is 5.48. The zero-order valence-electron chi connectivity index (χ0n) is 12.4. The van der Waals surface area contributed by atoms with Gasteiger partial charge in [0.15, 0.2) is 5.82 Å². The van der Waals surface area contributed by atoms with Crippen LogP contribution in [0.25, 0.3) is 16.6 Å².